The van der Waals surface area contributed by atoms with E-state index < -0.39 is 0 Å². The predicted octanol–water partition coefficient (Wildman–Crippen LogP) is 3.91. The number of rotatable bonds is 4. The molecule has 0 aliphatic carbocycles. The first kappa shape index (κ1) is 17.5. The Morgan fingerprint density at radius 3 is 2.44 bits per heavy atom. The van der Waals surface area contributed by atoms with Gasteiger partial charge in [0, 0.05) is 31.9 Å². The van der Waals surface area contributed by atoms with Gasteiger partial charge >= 0.3 is 0 Å². The number of aliphatic hydroxyl groups excluding tert-OH is 1. The maximum absolute atomic E-state index is 10.6. The summed E-state index contributed by atoms with van der Waals surface area (Å²) >= 11 is 1.44. The van der Waals surface area contributed by atoms with E-state index in [9.17, 15) is 10.4 Å². The molecule has 0 spiro atoms. The van der Waals surface area contributed by atoms with Crippen LogP contribution in [0, 0.1) is 11.3 Å². The quantitative estimate of drug-likeness (QED) is 0.552. The molecule has 4 rings (SSSR count). The Labute approximate surface area is 162 Å². The summed E-state index contributed by atoms with van der Waals surface area (Å²) in [6.45, 7) is 3.87. The van der Waals surface area contributed by atoms with Gasteiger partial charge in [-0.25, -0.2) is 4.98 Å². The zero-order valence-electron chi connectivity index (χ0n) is 14.9. The summed E-state index contributed by atoms with van der Waals surface area (Å²) in [6.07, 6.45) is 0. The van der Waals surface area contributed by atoms with E-state index in [0.717, 1.165) is 36.4 Å². The highest BCUT2D eigenvalue weighted by Crippen LogP contribution is 2.28. The van der Waals surface area contributed by atoms with E-state index in [1.165, 1.54) is 17.0 Å². The fourth-order valence-electron chi connectivity index (χ4n) is 3.31. The Morgan fingerprint density at radius 2 is 1.74 bits per heavy atom. The SMILES string of the molecule is N#C/C(=C(/O)CN1CCN(c2ccccc2)CC1)c1nc2ccccc2s1. The molecule has 1 fully saturated rings. The Morgan fingerprint density at radius 1 is 1.04 bits per heavy atom. The van der Waals surface area contributed by atoms with Gasteiger partial charge in [-0.1, -0.05) is 30.3 Å². The summed E-state index contributed by atoms with van der Waals surface area (Å²) in [5.41, 5.74) is 2.36. The van der Waals surface area contributed by atoms with E-state index in [2.05, 4.69) is 33.0 Å². The molecule has 3 aromatic rings. The molecule has 1 aliphatic heterocycles. The number of aromatic nitrogens is 1. The third-order valence-electron chi connectivity index (χ3n) is 4.78. The van der Waals surface area contributed by atoms with Gasteiger partial charge in [0.15, 0.2) is 0 Å². The average Bonchev–Trinajstić information content (AvgIpc) is 3.13. The molecule has 2 heterocycles. The van der Waals surface area contributed by atoms with Crippen LogP contribution in [0.2, 0.25) is 0 Å². The van der Waals surface area contributed by atoms with Crippen molar-refractivity contribution in [1.29, 1.82) is 5.26 Å². The summed E-state index contributed by atoms with van der Waals surface area (Å²) in [5.74, 6) is 0.102. The van der Waals surface area contributed by atoms with Crippen LogP contribution in [0.1, 0.15) is 5.01 Å². The standard InChI is InChI=1S/C21H20N4OS/c22-14-17(21-23-18-8-4-5-9-20(18)27-21)19(26)15-24-10-12-25(13-11-24)16-6-2-1-3-7-16/h1-9,26H,10-13,15H2/b19-17-. The van der Waals surface area contributed by atoms with Gasteiger partial charge in [-0.3, -0.25) is 4.90 Å². The molecule has 1 aliphatic rings. The minimum atomic E-state index is 0.102. The van der Waals surface area contributed by atoms with E-state index in [-0.39, 0.29) is 11.3 Å². The molecular weight excluding hydrogens is 356 g/mol. The van der Waals surface area contributed by atoms with Crippen molar-refractivity contribution in [2.45, 2.75) is 0 Å². The van der Waals surface area contributed by atoms with Crippen molar-refractivity contribution < 1.29 is 5.11 Å². The van der Waals surface area contributed by atoms with Crippen molar-refractivity contribution in [2.75, 3.05) is 37.6 Å². The van der Waals surface area contributed by atoms with Gasteiger partial charge in [0.05, 0.1) is 16.8 Å². The number of hydrogen-bond donors (Lipinski definition) is 1. The summed E-state index contributed by atoms with van der Waals surface area (Å²) in [7, 11) is 0. The zero-order chi connectivity index (χ0) is 18.6. The van der Waals surface area contributed by atoms with Crippen molar-refractivity contribution in [3.63, 3.8) is 0 Å². The van der Waals surface area contributed by atoms with Crippen molar-refractivity contribution in [3.8, 4) is 6.07 Å². The van der Waals surface area contributed by atoms with Crippen molar-refractivity contribution >= 4 is 32.8 Å². The number of benzene rings is 2. The lowest BCUT2D eigenvalue weighted by atomic mass is 10.2. The Balaban J connectivity index is 1.46. The smallest absolute Gasteiger partial charge is 0.138 e. The summed E-state index contributed by atoms with van der Waals surface area (Å²) in [4.78, 5) is 9.02. The highest BCUT2D eigenvalue weighted by Gasteiger charge is 2.20. The number of nitrogens with zero attached hydrogens (tertiary/aromatic N) is 4. The number of para-hydroxylation sites is 2. The Bertz CT molecular complexity index is 965. The van der Waals surface area contributed by atoms with Gasteiger partial charge in [-0.05, 0) is 24.3 Å². The molecular formula is C21H20N4OS. The van der Waals surface area contributed by atoms with Crippen molar-refractivity contribution in [3.05, 3.63) is 65.4 Å². The third kappa shape index (κ3) is 3.80. The van der Waals surface area contributed by atoms with Gasteiger partial charge in [0.2, 0.25) is 0 Å². The van der Waals surface area contributed by atoms with E-state index in [4.69, 9.17) is 0 Å². The topological polar surface area (TPSA) is 63.4 Å². The molecule has 2 aromatic carbocycles. The lowest BCUT2D eigenvalue weighted by molar-refractivity contribution is 0.239. The van der Waals surface area contributed by atoms with Crippen LogP contribution in [0.25, 0.3) is 15.8 Å². The molecule has 0 bridgehead atoms. The first-order chi connectivity index (χ1) is 13.2. The summed E-state index contributed by atoms with van der Waals surface area (Å²) in [5, 5.41) is 20.7. The highest BCUT2D eigenvalue weighted by molar-refractivity contribution is 7.19. The second kappa shape index (κ2) is 7.78. The number of thiazole rings is 1. The maximum Gasteiger partial charge on any atom is 0.138 e. The predicted molar refractivity (Wildman–Crippen MR) is 110 cm³/mol. The number of nitriles is 1. The van der Waals surface area contributed by atoms with Crippen LogP contribution >= 0.6 is 11.3 Å². The molecule has 5 nitrogen and oxygen atoms in total. The fraction of sp³-hybridized carbons (Fsp3) is 0.238. The normalized spacial score (nSPS) is 16.2. The van der Waals surface area contributed by atoms with E-state index >= 15 is 0 Å². The number of fused-ring (bicyclic) bond motifs is 1. The lowest BCUT2D eigenvalue weighted by Crippen LogP contribution is -2.47. The van der Waals surface area contributed by atoms with E-state index in [0.29, 0.717) is 11.6 Å². The highest BCUT2D eigenvalue weighted by atomic mass is 32.1. The molecule has 136 valence electrons. The number of piperazine rings is 1. The first-order valence-electron chi connectivity index (χ1n) is 8.95. The van der Waals surface area contributed by atoms with Crippen LogP contribution in [0.15, 0.2) is 60.4 Å². The molecule has 0 atom stereocenters. The molecule has 0 saturated carbocycles. The van der Waals surface area contributed by atoms with Crippen LogP contribution in [-0.2, 0) is 0 Å². The van der Waals surface area contributed by atoms with Crippen LogP contribution in [0.4, 0.5) is 5.69 Å². The minimum absolute atomic E-state index is 0.102. The third-order valence-corrected chi connectivity index (χ3v) is 5.83. The van der Waals surface area contributed by atoms with Crippen LogP contribution < -0.4 is 4.90 Å². The summed E-state index contributed by atoms with van der Waals surface area (Å²) in [6, 6.07) is 20.3. The van der Waals surface area contributed by atoms with E-state index in [1.807, 2.05) is 42.5 Å². The summed E-state index contributed by atoms with van der Waals surface area (Å²) < 4.78 is 1.02. The van der Waals surface area contributed by atoms with Gasteiger partial charge in [-0.2, -0.15) is 5.26 Å². The van der Waals surface area contributed by atoms with Gasteiger partial charge in [0.25, 0.3) is 0 Å². The minimum Gasteiger partial charge on any atom is -0.509 e. The molecule has 27 heavy (non-hydrogen) atoms. The molecule has 1 N–H and O–H groups in total. The van der Waals surface area contributed by atoms with Gasteiger partial charge < -0.3 is 10.0 Å². The molecule has 1 aromatic heterocycles. The van der Waals surface area contributed by atoms with Crippen LogP contribution in [0.3, 0.4) is 0 Å². The second-order valence-corrected chi connectivity index (χ2v) is 7.55. The van der Waals surface area contributed by atoms with Gasteiger partial charge in [-0.15, -0.1) is 11.3 Å². The Hall–Kier alpha value is -2.88. The average molecular weight is 376 g/mol. The van der Waals surface area contributed by atoms with E-state index in [1.54, 1.807) is 0 Å². The largest absolute Gasteiger partial charge is 0.509 e. The number of aliphatic hydroxyl groups is 1. The fourth-order valence-corrected chi connectivity index (χ4v) is 4.29. The van der Waals surface area contributed by atoms with Crippen LogP contribution in [0.5, 0.6) is 0 Å². The first-order valence-corrected chi connectivity index (χ1v) is 9.77. The van der Waals surface area contributed by atoms with Crippen LogP contribution in [-0.4, -0.2) is 47.7 Å². The number of anilines is 1. The molecule has 0 amide bonds. The molecule has 0 radical (unpaired) electrons. The molecule has 6 heteroatoms. The molecule has 1 saturated heterocycles. The molecule has 0 unspecified atom stereocenters. The maximum atomic E-state index is 10.6. The monoisotopic (exact) mass is 376 g/mol. The zero-order valence-corrected chi connectivity index (χ0v) is 15.7. The van der Waals surface area contributed by atoms with Crippen molar-refractivity contribution in [2.24, 2.45) is 0 Å². The number of allylic oxidation sites excluding steroid dienone is 1. The van der Waals surface area contributed by atoms with Crippen molar-refractivity contribution in [1.82, 2.24) is 9.88 Å². The van der Waals surface area contributed by atoms with Gasteiger partial charge in [0.1, 0.15) is 22.4 Å². The second-order valence-electron chi connectivity index (χ2n) is 6.52. The Kier molecular flexibility index (Phi) is 5.05. The number of hydrogen-bond acceptors (Lipinski definition) is 6. The lowest BCUT2D eigenvalue weighted by Gasteiger charge is -2.35.